The van der Waals surface area contributed by atoms with Crippen molar-refractivity contribution in [1.29, 1.82) is 0 Å². The molecule has 0 heterocycles. The van der Waals surface area contributed by atoms with Gasteiger partial charge in [0.15, 0.2) is 0 Å². The fourth-order valence-corrected chi connectivity index (χ4v) is 2.76. The second-order valence-corrected chi connectivity index (χ2v) is 5.70. The summed E-state index contributed by atoms with van der Waals surface area (Å²) >= 11 is 0. The van der Waals surface area contributed by atoms with Crippen LogP contribution in [-0.2, 0) is 4.79 Å². The average Bonchev–Trinajstić information content (AvgIpc) is 2.43. The Morgan fingerprint density at radius 2 is 2.00 bits per heavy atom. The summed E-state index contributed by atoms with van der Waals surface area (Å²) in [6.45, 7) is 6.56. The predicted molar refractivity (Wildman–Crippen MR) is 80.0 cm³/mol. The SMILES string of the molecule is CCCCN(CCN)C(C)C(=O)NC1CCCCC1. The molecule has 0 saturated heterocycles. The van der Waals surface area contributed by atoms with Crippen LogP contribution in [0.25, 0.3) is 0 Å². The lowest BCUT2D eigenvalue weighted by molar-refractivity contribution is -0.126. The molecule has 1 amide bonds. The fraction of sp³-hybridized carbons (Fsp3) is 0.933. The molecule has 3 N–H and O–H groups in total. The molecule has 19 heavy (non-hydrogen) atoms. The zero-order valence-electron chi connectivity index (χ0n) is 12.7. The maximum atomic E-state index is 12.3. The van der Waals surface area contributed by atoms with Gasteiger partial charge in [-0.3, -0.25) is 9.69 Å². The molecule has 0 bridgehead atoms. The Hall–Kier alpha value is -0.610. The van der Waals surface area contributed by atoms with Crippen LogP contribution in [0.1, 0.15) is 58.8 Å². The van der Waals surface area contributed by atoms with Gasteiger partial charge < -0.3 is 11.1 Å². The van der Waals surface area contributed by atoms with Crippen LogP contribution in [-0.4, -0.2) is 42.5 Å². The summed E-state index contributed by atoms with van der Waals surface area (Å²) < 4.78 is 0. The largest absolute Gasteiger partial charge is 0.352 e. The van der Waals surface area contributed by atoms with Gasteiger partial charge in [-0.15, -0.1) is 0 Å². The Morgan fingerprint density at radius 3 is 2.58 bits per heavy atom. The lowest BCUT2D eigenvalue weighted by Gasteiger charge is -2.30. The highest BCUT2D eigenvalue weighted by Gasteiger charge is 2.23. The van der Waals surface area contributed by atoms with E-state index in [1.165, 1.54) is 19.3 Å². The van der Waals surface area contributed by atoms with Crippen LogP contribution in [0.2, 0.25) is 0 Å². The molecule has 1 saturated carbocycles. The number of carbonyl (C=O) groups excluding carboxylic acids is 1. The highest BCUT2D eigenvalue weighted by atomic mass is 16.2. The van der Waals surface area contributed by atoms with E-state index in [0.29, 0.717) is 12.6 Å². The van der Waals surface area contributed by atoms with Gasteiger partial charge in [-0.05, 0) is 32.7 Å². The first-order valence-corrected chi connectivity index (χ1v) is 7.93. The molecule has 0 spiro atoms. The zero-order valence-corrected chi connectivity index (χ0v) is 12.7. The van der Waals surface area contributed by atoms with Gasteiger partial charge in [0.1, 0.15) is 0 Å². The topological polar surface area (TPSA) is 58.4 Å². The van der Waals surface area contributed by atoms with Gasteiger partial charge in [0.2, 0.25) is 5.91 Å². The molecule has 1 fully saturated rings. The van der Waals surface area contributed by atoms with Gasteiger partial charge in [0, 0.05) is 19.1 Å². The minimum Gasteiger partial charge on any atom is -0.352 e. The van der Waals surface area contributed by atoms with Gasteiger partial charge in [0.25, 0.3) is 0 Å². The summed E-state index contributed by atoms with van der Waals surface area (Å²) in [6.07, 6.45) is 8.38. The van der Waals surface area contributed by atoms with Crippen molar-refractivity contribution in [3.8, 4) is 0 Å². The number of unbranched alkanes of at least 4 members (excludes halogenated alkanes) is 1. The fourth-order valence-electron chi connectivity index (χ4n) is 2.76. The lowest BCUT2D eigenvalue weighted by Crippen LogP contribution is -2.50. The molecule has 1 aliphatic rings. The highest BCUT2D eigenvalue weighted by molar-refractivity contribution is 5.81. The Morgan fingerprint density at radius 1 is 1.32 bits per heavy atom. The van der Waals surface area contributed by atoms with Crippen molar-refractivity contribution < 1.29 is 4.79 Å². The summed E-state index contributed by atoms with van der Waals surface area (Å²) in [4.78, 5) is 14.5. The van der Waals surface area contributed by atoms with Crippen LogP contribution >= 0.6 is 0 Å². The van der Waals surface area contributed by atoms with Gasteiger partial charge >= 0.3 is 0 Å². The maximum absolute atomic E-state index is 12.3. The Labute approximate surface area is 118 Å². The molecule has 0 aliphatic heterocycles. The zero-order chi connectivity index (χ0) is 14.1. The van der Waals surface area contributed by atoms with E-state index in [9.17, 15) is 4.79 Å². The smallest absolute Gasteiger partial charge is 0.237 e. The number of amides is 1. The van der Waals surface area contributed by atoms with Crippen LogP contribution in [0, 0.1) is 0 Å². The van der Waals surface area contributed by atoms with Crippen molar-refractivity contribution in [2.45, 2.75) is 70.9 Å². The third-order valence-electron chi connectivity index (χ3n) is 4.09. The highest BCUT2D eigenvalue weighted by Crippen LogP contribution is 2.17. The molecular weight excluding hydrogens is 238 g/mol. The standard InChI is InChI=1S/C15H31N3O/c1-3-4-11-18(12-10-16)13(2)15(19)17-14-8-6-5-7-9-14/h13-14H,3-12,16H2,1-2H3,(H,17,19). The molecule has 0 aromatic rings. The molecule has 1 rings (SSSR count). The van der Waals surface area contributed by atoms with Crippen LogP contribution in [0.5, 0.6) is 0 Å². The first-order valence-electron chi connectivity index (χ1n) is 7.93. The van der Waals surface area contributed by atoms with Gasteiger partial charge in [-0.1, -0.05) is 32.6 Å². The first-order chi connectivity index (χ1) is 9.19. The Kier molecular flexibility index (Phi) is 8.07. The number of hydrogen-bond acceptors (Lipinski definition) is 3. The molecular formula is C15H31N3O. The second kappa shape index (κ2) is 9.32. The van der Waals surface area contributed by atoms with E-state index in [1.807, 2.05) is 6.92 Å². The van der Waals surface area contributed by atoms with Crippen molar-refractivity contribution in [1.82, 2.24) is 10.2 Å². The van der Waals surface area contributed by atoms with E-state index < -0.39 is 0 Å². The lowest BCUT2D eigenvalue weighted by atomic mass is 9.95. The third-order valence-corrected chi connectivity index (χ3v) is 4.09. The molecule has 0 aromatic heterocycles. The summed E-state index contributed by atoms with van der Waals surface area (Å²) in [6, 6.07) is 0.339. The van der Waals surface area contributed by atoms with Crippen molar-refractivity contribution in [2.24, 2.45) is 5.73 Å². The quantitative estimate of drug-likeness (QED) is 0.707. The van der Waals surface area contributed by atoms with E-state index >= 15 is 0 Å². The molecule has 112 valence electrons. The summed E-state index contributed by atoms with van der Waals surface area (Å²) in [5, 5.41) is 3.21. The van der Waals surface area contributed by atoms with Crippen molar-refractivity contribution in [2.75, 3.05) is 19.6 Å². The summed E-state index contributed by atoms with van der Waals surface area (Å²) in [7, 11) is 0. The molecule has 1 aliphatic carbocycles. The first kappa shape index (κ1) is 16.4. The van der Waals surface area contributed by atoms with Crippen LogP contribution < -0.4 is 11.1 Å². The van der Waals surface area contributed by atoms with Crippen molar-refractivity contribution in [3.05, 3.63) is 0 Å². The number of carbonyl (C=O) groups is 1. The summed E-state index contributed by atoms with van der Waals surface area (Å²) in [5.74, 6) is 0.177. The number of rotatable bonds is 8. The van der Waals surface area contributed by atoms with Crippen molar-refractivity contribution in [3.63, 3.8) is 0 Å². The minimum atomic E-state index is -0.0583. The second-order valence-electron chi connectivity index (χ2n) is 5.70. The van der Waals surface area contributed by atoms with E-state index in [2.05, 4.69) is 17.1 Å². The van der Waals surface area contributed by atoms with Crippen LogP contribution in [0.15, 0.2) is 0 Å². The Bertz CT molecular complexity index is 252. The monoisotopic (exact) mass is 269 g/mol. The van der Waals surface area contributed by atoms with Gasteiger partial charge in [-0.2, -0.15) is 0 Å². The van der Waals surface area contributed by atoms with Crippen LogP contribution in [0.3, 0.4) is 0 Å². The number of nitrogens with zero attached hydrogens (tertiary/aromatic N) is 1. The molecule has 0 aromatic carbocycles. The van der Waals surface area contributed by atoms with E-state index in [-0.39, 0.29) is 11.9 Å². The molecule has 0 radical (unpaired) electrons. The van der Waals surface area contributed by atoms with Gasteiger partial charge in [0.05, 0.1) is 6.04 Å². The number of nitrogens with two attached hydrogens (primary N) is 1. The van der Waals surface area contributed by atoms with E-state index in [0.717, 1.165) is 38.8 Å². The van der Waals surface area contributed by atoms with Crippen molar-refractivity contribution >= 4 is 5.91 Å². The third kappa shape index (κ3) is 5.91. The summed E-state index contributed by atoms with van der Waals surface area (Å²) in [5.41, 5.74) is 5.65. The average molecular weight is 269 g/mol. The number of nitrogens with one attached hydrogen (secondary N) is 1. The van der Waals surface area contributed by atoms with Gasteiger partial charge in [-0.25, -0.2) is 0 Å². The normalized spacial score (nSPS) is 18.5. The van der Waals surface area contributed by atoms with Crippen LogP contribution in [0.4, 0.5) is 0 Å². The Balaban J connectivity index is 2.41. The molecule has 1 atom stereocenters. The molecule has 4 heteroatoms. The number of hydrogen-bond donors (Lipinski definition) is 2. The molecule has 1 unspecified atom stereocenters. The predicted octanol–water partition coefficient (Wildman–Crippen LogP) is 1.88. The van der Waals surface area contributed by atoms with E-state index in [4.69, 9.17) is 5.73 Å². The maximum Gasteiger partial charge on any atom is 0.237 e. The minimum absolute atomic E-state index is 0.0583. The van der Waals surface area contributed by atoms with E-state index in [1.54, 1.807) is 0 Å². The molecule has 4 nitrogen and oxygen atoms in total.